The first-order valence-corrected chi connectivity index (χ1v) is 6.47. The van der Waals surface area contributed by atoms with E-state index >= 15 is 0 Å². The Bertz CT molecular complexity index is 691. The van der Waals surface area contributed by atoms with E-state index in [2.05, 4.69) is 26.1 Å². The van der Waals surface area contributed by atoms with E-state index in [0.717, 1.165) is 0 Å². The zero-order valence-corrected chi connectivity index (χ0v) is 12.0. The van der Waals surface area contributed by atoms with Crippen molar-refractivity contribution in [2.24, 2.45) is 0 Å². The molecule has 0 radical (unpaired) electrons. The first-order chi connectivity index (χ1) is 8.97. The maximum Gasteiger partial charge on any atom is 0.328 e. The lowest BCUT2D eigenvalue weighted by Crippen LogP contribution is -2.29. The standard InChI is InChI=1S/C11H13BrN4O3/c1-3-19-11(18)5(2)16-4-6(12)8-7(10(16)17)9(13)15-14-8/h4-5H,3H2,1-2H3,(H3,13,14,15). The summed E-state index contributed by atoms with van der Waals surface area (Å²) in [6, 6.07) is -0.734. The highest BCUT2D eigenvalue weighted by Crippen LogP contribution is 2.23. The number of esters is 1. The fourth-order valence-electron chi connectivity index (χ4n) is 1.78. The molecule has 0 aromatic carbocycles. The minimum absolute atomic E-state index is 0.103. The fraction of sp³-hybridized carbons (Fsp3) is 0.364. The number of carbonyl (C=O) groups is 1. The monoisotopic (exact) mass is 328 g/mol. The number of pyridine rings is 1. The Hall–Kier alpha value is -1.83. The number of H-pyrrole nitrogens is 1. The fourth-order valence-corrected chi connectivity index (χ4v) is 2.29. The van der Waals surface area contributed by atoms with E-state index in [0.29, 0.717) is 9.99 Å². The van der Waals surface area contributed by atoms with Gasteiger partial charge in [0.05, 0.1) is 16.6 Å². The molecule has 2 heterocycles. The van der Waals surface area contributed by atoms with Gasteiger partial charge in [-0.3, -0.25) is 14.5 Å². The number of aromatic nitrogens is 3. The van der Waals surface area contributed by atoms with Gasteiger partial charge in [-0.05, 0) is 29.8 Å². The summed E-state index contributed by atoms with van der Waals surface area (Å²) in [6.45, 7) is 3.56. The summed E-state index contributed by atoms with van der Waals surface area (Å²) in [4.78, 5) is 24.0. The number of hydrogen-bond acceptors (Lipinski definition) is 5. The maximum absolute atomic E-state index is 12.3. The van der Waals surface area contributed by atoms with Crippen LogP contribution in [0, 0.1) is 0 Å². The molecule has 0 aliphatic rings. The second-order valence-corrected chi connectivity index (χ2v) is 4.83. The number of fused-ring (bicyclic) bond motifs is 1. The van der Waals surface area contributed by atoms with Gasteiger partial charge in [0.2, 0.25) is 0 Å². The van der Waals surface area contributed by atoms with Gasteiger partial charge in [0.15, 0.2) is 5.82 Å². The second-order valence-electron chi connectivity index (χ2n) is 3.98. The van der Waals surface area contributed by atoms with Crippen LogP contribution in [0.2, 0.25) is 0 Å². The summed E-state index contributed by atoms with van der Waals surface area (Å²) in [6.07, 6.45) is 1.52. The van der Waals surface area contributed by atoms with Crippen LogP contribution in [0.1, 0.15) is 19.9 Å². The summed E-state index contributed by atoms with van der Waals surface area (Å²) in [5.74, 6) is -0.371. The summed E-state index contributed by atoms with van der Waals surface area (Å²) < 4.78 is 6.78. The second kappa shape index (κ2) is 5.04. The Kier molecular flexibility index (Phi) is 3.61. The predicted molar refractivity (Wildman–Crippen MR) is 73.8 cm³/mol. The first kappa shape index (κ1) is 13.6. The smallest absolute Gasteiger partial charge is 0.328 e. The average molecular weight is 329 g/mol. The topological polar surface area (TPSA) is 103 Å². The predicted octanol–water partition coefficient (Wildman–Crippen LogP) is 1.19. The van der Waals surface area contributed by atoms with Crippen molar-refractivity contribution in [2.45, 2.75) is 19.9 Å². The van der Waals surface area contributed by atoms with Crippen molar-refractivity contribution in [1.82, 2.24) is 14.8 Å². The molecule has 0 fully saturated rings. The third-order valence-electron chi connectivity index (χ3n) is 2.78. The zero-order valence-electron chi connectivity index (χ0n) is 10.4. The highest BCUT2D eigenvalue weighted by Gasteiger charge is 2.21. The number of nitrogens with two attached hydrogens (primary N) is 1. The molecule has 1 unspecified atom stereocenters. The number of nitrogens with one attached hydrogen (secondary N) is 1. The number of aromatic amines is 1. The first-order valence-electron chi connectivity index (χ1n) is 5.68. The molecule has 0 bridgehead atoms. The molecule has 8 heteroatoms. The molecule has 2 aromatic heterocycles. The number of anilines is 1. The van der Waals surface area contributed by atoms with Gasteiger partial charge in [0, 0.05) is 6.20 Å². The quantitative estimate of drug-likeness (QED) is 0.824. The van der Waals surface area contributed by atoms with Crippen LogP contribution in [0.3, 0.4) is 0 Å². The van der Waals surface area contributed by atoms with Crippen LogP contribution >= 0.6 is 15.9 Å². The molecule has 0 aliphatic carbocycles. The van der Waals surface area contributed by atoms with Gasteiger partial charge in [-0.1, -0.05) is 0 Å². The van der Waals surface area contributed by atoms with E-state index < -0.39 is 12.0 Å². The number of nitrogens with zero attached hydrogens (tertiary/aromatic N) is 2. The number of ether oxygens (including phenoxy) is 1. The molecule has 2 aromatic rings. The van der Waals surface area contributed by atoms with Crippen molar-refractivity contribution in [3.05, 3.63) is 21.0 Å². The third-order valence-corrected chi connectivity index (χ3v) is 3.38. The van der Waals surface area contributed by atoms with Gasteiger partial charge in [-0.25, -0.2) is 4.79 Å². The van der Waals surface area contributed by atoms with E-state index in [-0.39, 0.29) is 23.4 Å². The van der Waals surface area contributed by atoms with E-state index in [1.54, 1.807) is 13.8 Å². The molecule has 0 saturated carbocycles. The SMILES string of the molecule is CCOC(=O)C(C)n1cc(Br)c2[nH]nc(N)c2c1=O. The Labute approximate surface area is 116 Å². The van der Waals surface area contributed by atoms with Crippen LogP contribution < -0.4 is 11.3 Å². The van der Waals surface area contributed by atoms with Crippen molar-refractivity contribution in [2.75, 3.05) is 12.3 Å². The molecule has 7 nitrogen and oxygen atoms in total. The number of halogens is 1. The van der Waals surface area contributed by atoms with Crippen molar-refractivity contribution in [3.63, 3.8) is 0 Å². The lowest BCUT2D eigenvalue weighted by Gasteiger charge is -2.14. The molecule has 1 atom stereocenters. The number of carbonyl (C=O) groups excluding carboxylic acids is 1. The van der Waals surface area contributed by atoms with Gasteiger partial charge in [0.1, 0.15) is 11.4 Å². The molecule has 102 valence electrons. The van der Waals surface area contributed by atoms with Crippen molar-refractivity contribution >= 4 is 38.6 Å². The molecule has 0 aliphatic heterocycles. The molecular formula is C11H13BrN4O3. The molecule has 0 saturated heterocycles. The highest BCUT2D eigenvalue weighted by atomic mass is 79.9. The Morgan fingerprint density at radius 2 is 2.37 bits per heavy atom. The lowest BCUT2D eigenvalue weighted by molar-refractivity contribution is -0.146. The number of rotatable bonds is 3. The maximum atomic E-state index is 12.3. The van der Waals surface area contributed by atoms with Crippen molar-refractivity contribution in [1.29, 1.82) is 0 Å². The zero-order chi connectivity index (χ0) is 14.2. The van der Waals surface area contributed by atoms with Crippen LogP contribution in [0.15, 0.2) is 15.5 Å². The van der Waals surface area contributed by atoms with E-state index in [1.807, 2.05) is 0 Å². The minimum atomic E-state index is -0.734. The number of hydrogen-bond donors (Lipinski definition) is 2. The molecule has 19 heavy (non-hydrogen) atoms. The van der Waals surface area contributed by atoms with E-state index in [4.69, 9.17) is 10.5 Å². The van der Waals surface area contributed by atoms with Gasteiger partial charge >= 0.3 is 5.97 Å². The van der Waals surface area contributed by atoms with Crippen LogP contribution in [0.5, 0.6) is 0 Å². The molecule has 3 N–H and O–H groups in total. The highest BCUT2D eigenvalue weighted by molar-refractivity contribution is 9.10. The van der Waals surface area contributed by atoms with E-state index in [1.165, 1.54) is 10.8 Å². The average Bonchev–Trinajstić information content (AvgIpc) is 2.76. The van der Waals surface area contributed by atoms with Gasteiger partial charge in [-0.2, -0.15) is 5.10 Å². The van der Waals surface area contributed by atoms with Crippen LogP contribution in [0.25, 0.3) is 10.9 Å². The Morgan fingerprint density at radius 1 is 1.68 bits per heavy atom. The van der Waals surface area contributed by atoms with Crippen LogP contribution in [-0.4, -0.2) is 27.3 Å². The molecule has 0 spiro atoms. The van der Waals surface area contributed by atoms with Gasteiger partial charge < -0.3 is 10.5 Å². The minimum Gasteiger partial charge on any atom is -0.464 e. The summed E-state index contributed by atoms with van der Waals surface area (Å²) >= 11 is 3.31. The molecule has 0 amide bonds. The van der Waals surface area contributed by atoms with Crippen molar-refractivity contribution in [3.8, 4) is 0 Å². The Morgan fingerprint density at radius 3 is 3.00 bits per heavy atom. The van der Waals surface area contributed by atoms with Crippen molar-refractivity contribution < 1.29 is 9.53 Å². The van der Waals surface area contributed by atoms with E-state index in [9.17, 15) is 9.59 Å². The van der Waals surface area contributed by atoms with Crippen LogP contribution in [-0.2, 0) is 9.53 Å². The molecular weight excluding hydrogens is 316 g/mol. The summed E-state index contributed by atoms with van der Waals surface area (Å²) in [5.41, 5.74) is 5.78. The Balaban J connectivity index is 2.62. The summed E-state index contributed by atoms with van der Waals surface area (Å²) in [5, 5.41) is 6.71. The third kappa shape index (κ3) is 2.23. The largest absolute Gasteiger partial charge is 0.464 e. The summed E-state index contributed by atoms with van der Waals surface area (Å²) in [7, 11) is 0. The number of nitrogen functional groups attached to an aromatic ring is 1. The van der Waals surface area contributed by atoms with Gasteiger partial charge in [0.25, 0.3) is 5.56 Å². The van der Waals surface area contributed by atoms with Crippen LogP contribution in [0.4, 0.5) is 5.82 Å². The molecule has 2 rings (SSSR count). The normalized spacial score (nSPS) is 12.6. The lowest BCUT2D eigenvalue weighted by atomic mass is 10.2. The van der Waals surface area contributed by atoms with Gasteiger partial charge in [-0.15, -0.1) is 0 Å².